The van der Waals surface area contributed by atoms with Gasteiger partial charge in [0, 0.05) is 6.54 Å². The second-order valence-corrected chi connectivity index (χ2v) is 4.36. The van der Waals surface area contributed by atoms with Crippen LogP contribution >= 0.6 is 0 Å². The van der Waals surface area contributed by atoms with Gasteiger partial charge in [0.25, 0.3) is 0 Å². The molecular formula is C17H16N2O3. The van der Waals surface area contributed by atoms with Gasteiger partial charge in [-0.15, -0.1) is 6.58 Å². The Morgan fingerprint density at radius 2 is 1.68 bits per heavy atom. The van der Waals surface area contributed by atoms with Gasteiger partial charge >= 0.3 is 11.8 Å². The molecule has 0 aliphatic rings. The lowest BCUT2D eigenvalue weighted by Crippen LogP contribution is -2.35. The number of para-hydroxylation sites is 3. The van der Waals surface area contributed by atoms with E-state index in [0.29, 0.717) is 17.2 Å². The summed E-state index contributed by atoms with van der Waals surface area (Å²) < 4.78 is 5.71. The molecule has 0 radical (unpaired) electrons. The number of hydrogen-bond donors (Lipinski definition) is 2. The van der Waals surface area contributed by atoms with Crippen molar-refractivity contribution in [1.82, 2.24) is 5.32 Å². The Balaban J connectivity index is 2.10. The molecule has 0 unspecified atom stereocenters. The van der Waals surface area contributed by atoms with E-state index in [-0.39, 0.29) is 6.54 Å². The molecule has 2 rings (SSSR count). The molecule has 5 nitrogen and oxygen atoms in total. The van der Waals surface area contributed by atoms with E-state index < -0.39 is 11.8 Å². The highest BCUT2D eigenvalue weighted by Gasteiger charge is 2.15. The molecule has 0 saturated carbocycles. The Morgan fingerprint density at radius 1 is 1.00 bits per heavy atom. The van der Waals surface area contributed by atoms with Crippen molar-refractivity contribution in [2.24, 2.45) is 0 Å². The molecule has 0 spiro atoms. The molecular weight excluding hydrogens is 280 g/mol. The summed E-state index contributed by atoms with van der Waals surface area (Å²) in [6.07, 6.45) is 1.50. The van der Waals surface area contributed by atoms with Crippen molar-refractivity contribution in [2.45, 2.75) is 0 Å². The van der Waals surface area contributed by atoms with Crippen LogP contribution in [0.2, 0.25) is 0 Å². The van der Waals surface area contributed by atoms with E-state index in [4.69, 9.17) is 4.74 Å². The molecule has 0 fully saturated rings. The fraction of sp³-hybridized carbons (Fsp3) is 0.0588. The molecule has 0 bridgehead atoms. The van der Waals surface area contributed by atoms with Crippen molar-refractivity contribution in [3.05, 3.63) is 67.3 Å². The average Bonchev–Trinajstić information content (AvgIpc) is 2.55. The van der Waals surface area contributed by atoms with E-state index in [1.165, 1.54) is 6.08 Å². The topological polar surface area (TPSA) is 67.4 Å². The largest absolute Gasteiger partial charge is 0.455 e. The third-order valence-electron chi connectivity index (χ3n) is 2.72. The number of carbonyl (C=O) groups is 2. The third kappa shape index (κ3) is 4.21. The number of anilines is 1. The number of rotatable bonds is 5. The first-order valence-electron chi connectivity index (χ1n) is 6.72. The summed E-state index contributed by atoms with van der Waals surface area (Å²) in [5, 5.41) is 4.94. The standard InChI is InChI=1S/C17H16N2O3/c1-2-12-18-16(20)17(21)19-14-10-6-7-11-15(14)22-13-8-4-3-5-9-13/h2-11H,1,12H2,(H,18,20)(H,19,21). The van der Waals surface area contributed by atoms with Crippen molar-refractivity contribution in [2.75, 3.05) is 11.9 Å². The second-order valence-electron chi connectivity index (χ2n) is 4.36. The van der Waals surface area contributed by atoms with Crippen molar-refractivity contribution >= 4 is 17.5 Å². The minimum atomic E-state index is -0.758. The fourth-order valence-electron chi connectivity index (χ4n) is 1.70. The van der Waals surface area contributed by atoms with Crippen LogP contribution < -0.4 is 15.4 Å². The maximum atomic E-state index is 11.8. The van der Waals surface area contributed by atoms with Crippen molar-refractivity contribution < 1.29 is 14.3 Å². The second kappa shape index (κ2) is 7.64. The Morgan fingerprint density at radius 3 is 2.41 bits per heavy atom. The van der Waals surface area contributed by atoms with Crippen LogP contribution in [0.3, 0.4) is 0 Å². The van der Waals surface area contributed by atoms with E-state index in [1.807, 2.05) is 18.2 Å². The van der Waals surface area contributed by atoms with Gasteiger partial charge in [-0.25, -0.2) is 0 Å². The van der Waals surface area contributed by atoms with Crippen LogP contribution in [0.25, 0.3) is 0 Å². The number of benzene rings is 2. The maximum absolute atomic E-state index is 11.8. The highest BCUT2D eigenvalue weighted by atomic mass is 16.5. The number of hydrogen-bond acceptors (Lipinski definition) is 3. The smallest absolute Gasteiger partial charge is 0.313 e. The van der Waals surface area contributed by atoms with Gasteiger partial charge in [-0.1, -0.05) is 36.4 Å². The van der Waals surface area contributed by atoms with E-state index in [9.17, 15) is 9.59 Å². The fourth-order valence-corrected chi connectivity index (χ4v) is 1.70. The highest BCUT2D eigenvalue weighted by molar-refractivity contribution is 6.39. The molecule has 0 aromatic heterocycles. The molecule has 5 heteroatoms. The molecule has 0 aliphatic heterocycles. The maximum Gasteiger partial charge on any atom is 0.313 e. The lowest BCUT2D eigenvalue weighted by Gasteiger charge is -2.11. The van der Waals surface area contributed by atoms with E-state index in [0.717, 1.165) is 0 Å². The molecule has 0 heterocycles. The SMILES string of the molecule is C=CCNC(=O)C(=O)Nc1ccccc1Oc1ccccc1. The highest BCUT2D eigenvalue weighted by Crippen LogP contribution is 2.28. The van der Waals surface area contributed by atoms with Gasteiger partial charge in [0.1, 0.15) is 5.75 Å². The van der Waals surface area contributed by atoms with Gasteiger partial charge in [-0.05, 0) is 24.3 Å². The average molecular weight is 296 g/mol. The van der Waals surface area contributed by atoms with Gasteiger partial charge in [0.2, 0.25) is 0 Å². The molecule has 2 amide bonds. The Hall–Kier alpha value is -3.08. The van der Waals surface area contributed by atoms with Crippen LogP contribution in [-0.4, -0.2) is 18.4 Å². The zero-order valence-corrected chi connectivity index (χ0v) is 11.9. The van der Waals surface area contributed by atoms with E-state index in [1.54, 1.807) is 36.4 Å². The predicted octanol–water partition coefficient (Wildman–Crippen LogP) is 2.72. The summed E-state index contributed by atoms with van der Waals surface area (Å²) in [5.41, 5.74) is 0.421. The van der Waals surface area contributed by atoms with Crippen LogP contribution in [0.1, 0.15) is 0 Å². The lowest BCUT2D eigenvalue weighted by molar-refractivity contribution is -0.136. The van der Waals surface area contributed by atoms with Crippen LogP contribution in [0.4, 0.5) is 5.69 Å². The third-order valence-corrected chi connectivity index (χ3v) is 2.72. The zero-order valence-electron chi connectivity index (χ0n) is 11.9. The first-order chi connectivity index (χ1) is 10.7. The summed E-state index contributed by atoms with van der Waals surface area (Å²) in [7, 11) is 0. The Bertz CT molecular complexity index is 669. The Kier molecular flexibility index (Phi) is 5.31. The lowest BCUT2D eigenvalue weighted by atomic mass is 10.2. The van der Waals surface area contributed by atoms with Gasteiger partial charge in [-0.2, -0.15) is 0 Å². The normalized spacial score (nSPS) is 9.64. The van der Waals surface area contributed by atoms with Gasteiger partial charge in [-0.3, -0.25) is 9.59 Å². The molecule has 22 heavy (non-hydrogen) atoms. The minimum absolute atomic E-state index is 0.231. The van der Waals surface area contributed by atoms with Crippen molar-refractivity contribution in [3.8, 4) is 11.5 Å². The van der Waals surface area contributed by atoms with Crippen molar-refractivity contribution in [1.29, 1.82) is 0 Å². The van der Waals surface area contributed by atoms with Crippen LogP contribution in [0.15, 0.2) is 67.3 Å². The van der Waals surface area contributed by atoms with Gasteiger partial charge in [0.05, 0.1) is 5.69 Å². The van der Waals surface area contributed by atoms with Gasteiger partial charge < -0.3 is 15.4 Å². The van der Waals surface area contributed by atoms with Crippen LogP contribution in [0.5, 0.6) is 11.5 Å². The van der Waals surface area contributed by atoms with Crippen LogP contribution in [-0.2, 0) is 9.59 Å². The van der Waals surface area contributed by atoms with E-state index in [2.05, 4.69) is 17.2 Å². The number of nitrogens with one attached hydrogen (secondary N) is 2. The molecule has 2 aromatic rings. The molecule has 0 atom stereocenters. The number of carbonyl (C=O) groups excluding carboxylic acids is 2. The monoisotopic (exact) mass is 296 g/mol. The molecule has 2 N–H and O–H groups in total. The summed E-state index contributed by atoms with van der Waals surface area (Å²) in [5.74, 6) is -0.390. The quantitative estimate of drug-likeness (QED) is 0.658. The first kappa shape index (κ1) is 15.3. The Labute approximate surface area is 128 Å². The summed E-state index contributed by atoms with van der Waals surface area (Å²) in [6.45, 7) is 3.70. The summed E-state index contributed by atoms with van der Waals surface area (Å²) >= 11 is 0. The number of amides is 2. The summed E-state index contributed by atoms with van der Waals surface area (Å²) in [4.78, 5) is 23.4. The predicted molar refractivity (Wildman–Crippen MR) is 84.8 cm³/mol. The summed E-state index contributed by atoms with van der Waals surface area (Å²) in [6, 6.07) is 16.1. The van der Waals surface area contributed by atoms with E-state index >= 15 is 0 Å². The zero-order chi connectivity index (χ0) is 15.8. The first-order valence-corrected chi connectivity index (χ1v) is 6.72. The molecule has 0 saturated heterocycles. The van der Waals surface area contributed by atoms with Crippen molar-refractivity contribution in [3.63, 3.8) is 0 Å². The molecule has 2 aromatic carbocycles. The molecule has 0 aliphatic carbocycles. The minimum Gasteiger partial charge on any atom is -0.455 e. The molecule has 112 valence electrons. The number of ether oxygens (including phenoxy) is 1. The van der Waals surface area contributed by atoms with Crippen LogP contribution in [0, 0.1) is 0 Å². The van der Waals surface area contributed by atoms with Gasteiger partial charge in [0.15, 0.2) is 5.75 Å².